The van der Waals surface area contributed by atoms with Gasteiger partial charge in [-0.2, -0.15) is 0 Å². The zero-order valence-corrected chi connectivity index (χ0v) is 16.7. The van der Waals surface area contributed by atoms with Crippen LogP contribution in [0.2, 0.25) is 5.02 Å². The average Bonchev–Trinajstić information content (AvgIpc) is 3.15. The third-order valence-corrected chi connectivity index (χ3v) is 5.82. The van der Waals surface area contributed by atoms with Crippen LogP contribution in [0.1, 0.15) is 17.5 Å². The van der Waals surface area contributed by atoms with E-state index < -0.39 is 10.0 Å². The van der Waals surface area contributed by atoms with Crippen molar-refractivity contribution >= 4 is 33.2 Å². The highest BCUT2D eigenvalue weighted by atomic mass is 35.5. The van der Waals surface area contributed by atoms with Crippen molar-refractivity contribution in [3.05, 3.63) is 58.6 Å². The smallest absolute Gasteiger partial charge is 0.238 e. The lowest BCUT2D eigenvalue weighted by molar-refractivity contribution is -0.115. The van der Waals surface area contributed by atoms with Crippen LogP contribution in [0.3, 0.4) is 0 Å². The van der Waals surface area contributed by atoms with Gasteiger partial charge in [-0.1, -0.05) is 35.9 Å². The van der Waals surface area contributed by atoms with E-state index in [1.807, 2.05) is 0 Å². The number of nitrogens with one attached hydrogen (secondary N) is 2. The fourth-order valence-corrected chi connectivity index (χ4v) is 4.00. The van der Waals surface area contributed by atoms with E-state index in [9.17, 15) is 13.2 Å². The number of carbonyl (C=O) groups is 1. The summed E-state index contributed by atoms with van der Waals surface area (Å²) in [6.07, 6.45) is 0.994. The number of amides is 1. The quantitative estimate of drug-likeness (QED) is 0.631. The SMILES string of the molecule is NS(=O)(=O)c1cc(NC(=O)Cc2ccccc2Cl)ccc1COC1CCNC1. The highest BCUT2D eigenvalue weighted by Crippen LogP contribution is 2.22. The van der Waals surface area contributed by atoms with Crippen LogP contribution < -0.4 is 15.8 Å². The molecule has 28 heavy (non-hydrogen) atoms. The van der Waals surface area contributed by atoms with Crippen molar-refractivity contribution in [1.82, 2.24) is 5.32 Å². The fourth-order valence-electron chi connectivity index (χ4n) is 3.01. The second kappa shape index (κ2) is 9.02. The number of hydrogen-bond acceptors (Lipinski definition) is 5. The molecule has 3 rings (SSSR count). The molecule has 1 atom stereocenters. The molecular formula is C19H22ClN3O4S. The number of sulfonamides is 1. The Morgan fingerprint density at radius 2 is 2.04 bits per heavy atom. The molecule has 1 saturated heterocycles. The third-order valence-electron chi connectivity index (χ3n) is 4.46. The summed E-state index contributed by atoms with van der Waals surface area (Å²) < 4.78 is 29.8. The predicted molar refractivity (Wildman–Crippen MR) is 108 cm³/mol. The Bertz CT molecular complexity index is 959. The highest BCUT2D eigenvalue weighted by molar-refractivity contribution is 7.89. The van der Waals surface area contributed by atoms with Gasteiger partial charge in [-0.05, 0) is 42.3 Å². The van der Waals surface area contributed by atoms with Crippen LogP contribution in [-0.4, -0.2) is 33.5 Å². The highest BCUT2D eigenvalue weighted by Gasteiger charge is 2.19. The second-order valence-corrected chi connectivity index (χ2v) is 8.55. The summed E-state index contributed by atoms with van der Waals surface area (Å²) in [7, 11) is -3.97. The van der Waals surface area contributed by atoms with Crippen LogP contribution in [0.4, 0.5) is 5.69 Å². The van der Waals surface area contributed by atoms with Crippen LogP contribution in [0.5, 0.6) is 0 Å². The molecule has 0 aliphatic carbocycles. The van der Waals surface area contributed by atoms with Gasteiger partial charge in [0.05, 0.1) is 24.0 Å². The van der Waals surface area contributed by atoms with Gasteiger partial charge in [0, 0.05) is 17.3 Å². The second-order valence-electron chi connectivity index (χ2n) is 6.61. The lowest BCUT2D eigenvalue weighted by atomic mass is 10.1. The van der Waals surface area contributed by atoms with Gasteiger partial charge in [-0.3, -0.25) is 4.79 Å². The third kappa shape index (κ3) is 5.52. The molecular weight excluding hydrogens is 402 g/mol. The Hall–Kier alpha value is -1.97. The number of hydrogen-bond donors (Lipinski definition) is 3. The van der Waals surface area contributed by atoms with Crippen molar-refractivity contribution in [3.63, 3.8) is 0 Å². The van der Waals surface area contributed by atoms with E-state index in [0.29, 0.717) is 21.8 Å². The van der Waals surface area contributed by atoms with Crippen molar-refractivity contribution in [2.75, 3.05) is 18.4 Å². The van der Waals surface area contributed by atoms with Gasteiger partial charge in [-0.15, -0.1) is 0 Å². The average molecular weight is 424 g/mol. The zero-order chi connectivity index (χ0) is 20.1. The molecule has 9 heteroatoms. The van der Waals surface area contributed by atoms with Gasteiger partial charge in [0.2, 0.25) is 15.9 Å². The van der Waals surface area contributed by atoms with E-state index in [4.69, 9.17) is 21.5 Å². The van der Waals surface area contributed by atoms with Gasteiger partial charge < -0.3 is 15.4 Å². The minimum atomic E-state index is -3.97. The Balaban J connectivity index is 1.72. The number of benzene rings is 2. The monoisotopic (exact) mass is 423 g/mol. The van der Waals surface area contributed by atoms with E-state index in [0.717, 1.165) is 19.5 Å². The summed E-state index contributed by atoms with van der Waals surface area (Å²) in [5, 5.41) is 11.7. The summed E-state index contributed by atoms with van der Waals surface area (Å²) in [4.78, 5) is 12.2. The molecule has 150 valence electrons. The van der Waals surface area contributed by atoms with Gasteiger partial charge >= 0.3 is 0 Å². The van der Waals surface area contributed by atoms with Crippen LogP contribution in [-0.2, 0) is 32.6 Å². The minimum absolute atomic E-state index is 0.0447. The van der Waals surface area contributed by atoms with Crippen molar-refractivity contribution in [1.29, 1.82) is 0 Å². The van der Waals surface area contributed by atoms with Crippen molar-refractivity contribution in [3.8, 4) is 0 Å². The Morgan fingerprint density at radius 1 is 1.25 bits per heavy atom. The van der Waals surface area contributed by atoms with Gasteiger partial charge in [0.1, 0.15) is 0 Å². The number of rotatable bonds is 7. The van der Waals surface area contributed by atoms with E-state index in [-0.39, 0.29) is 29.9 Å². The maximum Gasteiger partial charge on any atom is 0.238 e. The first-order valence-electron chi connectivity index (χ1n) is 8.84. The topological polar surface area (TPSA) is 111 Å². The molecule has 0 aromatic heterocycles. The Labute approximate surface area is 169 Å². The number of carbonyl (C=O) groups excluding carboxylic acids is 1. The lowest BCUT2D eigenvalue weighted by Gasteiger charge is -2.14. The van der Waals surface area contributed by atoms with Gasteiger partial charge in [-0.25, -0.2) is 13.6 Å². The van der Waals surface area contributed by atoms with E-state index in [1.54, 1.807) is 36.4 Å². The normalized spacial score (nSPS) is 16.9. The molecule has 1 heterocycles. The molecule has 1 aliphatic heterocycles. The van der Waals surface area contributed by atoms with Gasteiger partial charge in [0.25, 0.3) is 0 Å². The molecule has 1 amide bonds. The first kappa shape index (κ1) is 20.8. The predicted octanol–water partition coefficient (Wildman–Crippen LogP) is 2.05. The molecule has 2 aromatic carbocycles. The molecule has 1 aliphatic rings. The summed E-state index contributed by atoms with van der Waals surface area (Å²) in [6.45, 7) is 1.75. The number of nitrogens with two attached hydrogens (primary N) is 1. The standard InChI is InChI=1S/C19H22ClN3O4S/c20-17-4-2-1-3-13(17)9-19(24)23-15-6-5-14(18(10-15)28(21,25)26)12-27-16-7-8-22-11-16/h1-6,10,16,22H,7-9,11-12H2,(H,23,24)(H2,21,25,26). The molecule has 0 spiro atoms. The minimum Gasteiger partial charge on any atom is -0.372 e. The van der Waals surface area contributed by atoms with Gasteiger partial charge in [0.15, 0.2) is 0 Å². The first-order chi connectivity index (χ1) is 13.3. The fraction of sp³-hybridized carbons (Fsp3) is 0.316. The Kier molecular flexibility index (Phi) is 6.69. The number of ether oxygens (including phenoxy) is 1. The lowest BCUT2D eigenvalue weighted by Crippen LogP contribution is -2.20. The van der Waals surface area contributed by atoms with Crippen LogP contribution in [0, 0.1) is 0 Å². The summed E-state index contributed by atoms with van der Waals surface area (Å²) >= 11 is 6.07. The number of primary sulfonamides is 1. The molecule has 7 nitrogen and oxygen atoms in total. The molecule has 4 N–H and O–H groups in total. The number of anilines is 1. The first-order valence-corrected chi connectivity index (χ1v) is 10.8. The summed E-state index contributed by atoms with van der Waals surface area (Å²) in [6, 6.07) is 11.6. The van der Waals surface area contributed by atoms with Crippen LogP contribution >= 0.6 is 11.6 Å². The molecule has 0 radical (unpaired) electrons. The molecule has 1 unspecified atom stereocenters. The van der Waals surface area contributed by atoms with Crippen molar-refractivity contribution in [2.24, 2.45) is 5.14 Å². The summed E-state index contributed by atoms with van der Waals surface area (Å²) in [5.41, 5.74) is 1.48. The largest absolute Gasteiger partial charge is 0.372 e. The Morgan fingerprint density at radius 3 is 2.71 bits per heavy atom. The molecule has 2 aromatic rings. The van der Waals surface area contributed by atoms with Crippen molar-refractivity contribution < 1.29 is 17.9 Å². The molecule has 0 saturated carbocycles. The van der Waals surface area contributed by atoms with E-state index in [1.165, 1.54) is 6.07 Å². The zero-order valence-electron chi connectivity index (χ0n) is 15.2. The van der Waals surface area contributed by atoms with E-state index in [2.05, 4.69) is 10.6 Å². The van der Waals surface area contributed by atoms with E-state index >= 15 is 0 Å². The van der Waals surface area contributed by atoms with Crippen LogP contribution in [0.25, 0.3) is 0 Å². The maximum absolute atomic E-state index is 12.3. The maximum atomic E-state index is 12.3. The summed E-state index contributed by atoms with van der Waals surface area (Å²) in [5.74, 6) is -0.311. The van der Waals surface area contributed by atoms with Crippen LogP contribution in [0.15, 0.2) is 47.4 Å². The molecule has 1 fully saturated rings. The number of halogens is 1. The van der Waals surface area contributed by atoms with Crippen molar-refractivity contribution in [2.45, 2.75) is 30.4 Å². The molecule has 0 bridgehead atoms.